The second-order valence-electron chi connectivity index (χ2n) is 7.67. The van der Waals surface area contributed by atoms with Crippen LogP contribution in [0.1, 0.15) is 37.4 Å². The highest BCUT2D eigenvalue weighted by molar-refractivity contribution is 6.31. The number of carbonyl (C=O) groups is 2. The van der Waals surface area contributed by atoms with Gasteiger partial charge in [0.2, 0.25) is 5.78 Å². The van der Waals surface area contributed by atoms with Gasteiger partial charge in [-0.3, -0.25) is 4.79 Å². The van der Waals surface area contributed by atoms with E-state index in [1.807, 2.05) is 0 Å². The van der Waals surface area contributed by atoms with Crippen LogP contribution in [0.3, 0.4) is 0 Å². The smallest absolute Gasteiger partial charge is 0.337 e. The van der Waals surface area contributed by atoms with Crippen molar-refractivity contribution in [3.8, 4) is 17.2 Å². The van der Waals surface area contributed by atoms with Crippen LogP contribution in [0.5, 0.6) is 17.2 Å². The lowest BCUT2D eigenvalue weighted by atomic mass is 10.1. The second kappa shape index (κ2) is 9.21. The molecule has 2 aliphatic heterocycles. The van der Waals surface area contributed by atoms with Crippen molar-refractivity contribution in [1.29, 1.82) is 0 Å². The summed E-state index contributed by atoms with van der Waals surface area (Å²) < 4.78 is 27.3. The Morgan fingerprint density at radius 1 is 1.12 bits per heavy atom. The van der Waals surface area contributed by atoms with Gasteiger partial charge in [-0.2, -0.15) is 0 Å². The van der Waals surface area contributed by atoms with Crippen LogP contribution in [0.15, 0.2) is 60.4 Å². The molecule has 3 aromatic rings. The number of benzene rings is 3. The van der Waals surface area contributed by atoms with Gasteiger partial charge < -0.3 is 23.7 Å². The van der Waals surface area contributed by atoms with E-state index in [0.29, 0.717) is 45.6 Å². The zero-order valence-corrected chi connectivity index (χ0v) is 18.9. The molecule has 8 heteroatoms. The molecule has 172 valence electrons. The summed E-state index contributed by atoms with van der Waals surface area (Å²) >= 11 is 6.22. The van der Waals surface area contributed by atoms with Crippen LogP contribution in [0.2, 0.25) is 5.02 Å². The van der Waals surface area contributed by atoms with Crippen molar-refractivity contribution < 1.29 is 33.3 Å². The van der Waals surface area contributed by atoms with Crippen LogP contribution < -0.4 is 14.2 Å². The Balaban J connectivity index is 1.32. The zero-order chi connectivity index (χ0) is 23.7. The minimum atomic E-state index is -0.394. The molecule has 0 saturated carbocycles. The third-order valence-corrected chi connectivity index (χ3v) is 5.63. The van der Waals surface area contributed by atoms with E-state index in [4.69, 9.17) is 35.3 Å². The van der Waals surface area contributed by atoms with Crippen molar-refractivity contribution in [3.05, 3.63) is 93.2 Å². The van der Waals surface area contributed by atoms with E-state index >= 15 is 0 Å². The van der Waals surface area contributed by atoms with Gasteiger partial charge in [-0.15, -0.1) is 0 Å². The lowest BCUT2D eigenvalue weighted by Crippen LogP contribution is -2.12. The maximum absolute atomic E-state index is 12.9. The average molecular weight is 479 g/mol. The Kier molecular flexibility index (Phi) is 5.96. The van der Waals surface area contributed by atoms with Crippen LogP contribution >= 0.6 is 11.6 Å². The molecule has 2 heterocycles. The molecule has 0 fully saturated rings. The number of Topliss-reactive ketones (excluding diaryl/α,β-unsaturated/α-hetero) is 1. The fraction of sp³-hybridized carbons (Fsp3) is 0.154. The number of halogens is 1. The molecule has 0 radical (unpaired) electrons. The number of fused-ring (bicyclic) bond motifs is 2. The standard InChI is InChI=1S/C26H19ClO7/c1-30-26(29)16-4-2-15(3-5-16)12-32-20-6-7-21-22(11-20)34-23(24(21)28)10-17-8-19(27)9-18-13-31-14-33-25(17)18/h2-11H,12-14H2,1H3/b23-10-. The monoisotopic (exact) mass is 478 g/mol. The van der Waals surface area contributed by atoms with Crippen molar-refractivity contribution in [1.82, 2.24) is 0 Å². The van der Waals surface area contributed by atoms with Crippen molar-refractivity contribution in [2.24, 2.45) is 0 Å². The molecule has 34 heavy (non-hydrogen) atoms. The lowest BCUT2D eigenvalue weighted by molar-refractivity contribution is -0.0165. The molecular weight excluding hydrogens is 460 g/mol. The van der Waals surface area contributed by atoms with Gasteiger partial charge in [-0.05, 0) is 48.0 Å². The number of ketones is 1. The highest BCUT2D eigenvalue weighted by Gasteiger charge is 2.28. The van der Waals surface area contributed by atoms with Crippen LogP contribution in [-0.4, -0.2) is 25.7 Å². The number of hydrogen-bond donors (Lipinski definition) is 0. The Hall–Kier alpha value is -3.81. The summed E-state index contributed by atoms with van der Waals surface area (Å²) in [6, 6.07) is 15.5. The quantitative estimate of drug-likeness (QED) is 0.369. The fourth-order valence-corrected chi connectivity index (χ4v) is 3.98. The summed E-state index contributed by atoms with van der Waals surface area (Å²) in [6.07, 6.45) is 1.63. The predicted octanol–water partition coefficient (Wildman–Crippen LogP) is 5.19. The molecule has 0 spiro atoms. The highest BCUT2D eigenvalue weighted by atomic mass is 35.5. The Morgan fingerprint density at radius 2 is 1.94 bits per heavy atom. The Bertz CT molecular complexity index is 1310. The minimum Gasteiger partial charge on any atom is -0.489 e. The Morgan fingerprint density at radius 3 is 2.74 bits per heavy atom. The summed E-state index contributed by atoms with van der Waals surface area (Å²) in [4.78, 5) is 24.4. The number of ether oxygens (including phenoxy) is 5. The van der Waals surface area contributed by atoms with Crippen LogP contribution in [0, 0.1) is 0 Å². The number of methoxy groups -OCH3 is 1. The molecule has 5 rings (SSSR count). The largest absolute Gasteiger partial charge is 0.489 e. The summed E-state index contributed by atoms with van der Waals surface area (Å²) in [7, 11) is 1.34. The minimum absolute atomic E-state index is 0.131. The summed E-state index contributed by atoms with van der Waals surface area (Å²) in [5, 5.41) is 0.512. The average Bonchev–Trinajstić information content (AvgIpc) is 3.16. The first kappa shape index (κ1) is 22.0. The summed E-state index contributed by atoms with van der Waals surface area (Å²) in [5.41, 5.74) is 3.24. The van der Waals surface area contributed by atoms with E-state index in [1.165, 1.54) is 7.11 Å². The molecule has 0 amide bonds. The molecule has 0 saturated heterocycles. The molecule has 2 aliphatic rings. The van der Waals surface area contributed by atoms with Gasteiger partial charge in [0.25, 0.3) is 0 Å². The van der Waals surface area contributed by atoms with Crippen LogP contribution in [0.25, 0.3) is 6.08 Å². The van der Waals surface area contributed by atoms with Gasteiger partial charge in [-0.25, -0.2) is 4.79 Å². The molecule has 0 unspecified atom stereocenters. The van der Waals surface area contributed by atoms with Crippen molar-refractivity contribution in [2.45, 2.75) is 13.2 Å². The number of carbonyl (C=O) groups excluding carboxylic acids is 2. The molecule has 7 nitrogen and oxygen atoms in total. The molecule has 0 atom stereocenters. The third kappa shape index (κ3) is 4.35. The first-order valence-electron chi connectivity index (χ1n) is 10.4. The molecule has 0 N–H and O–H groups in total. The highest BCUT2D eigenvalue weighted by Crippen LogP contribution is 2.38. The summed E-state index contributed by atoms with van der Waals surface area (Å²) in [5.74, 6) is 1.12. The number of hydrogen-bond acceptors (Lipinski definition) is 7. The number of allylic oxidation sites excluding steroid dienone is 1. The van der Waals surface area contributed by atoms with E-state index in [2.05, 4.69) is 0 Å². The molecule has 0 aromatic heterocycles. The van der Waals surface area contributed by atoms with Crippen molar-refractivity contribution in [3.63, 3.8) is 0 Å². The SMILES string of the molecule is COC(=O)c1ccc(COc2ccc3c(c2)O/C(=C\c2cc(Cl)cc4c2OCOC4)C3=O)cc1. The first-order valence-corrected chi connectivity index (χ1v) is 10.8. The molecular formula is C26H19ClO7. The number of rotatable bonds is 5. The second-order valence-corrected chi connectivity index (χ2v) is 8.11. The van der Waals surface area contributed by atoms with Gasteiger partial charge in [0.05, 0.1) is 24.8 Å². The number of esters is 1. The fourth-order valence-electron chi connectivity index (χ4n) is 3.74. The summed E-state index contributed by atoms with van der Waals surface area (Å²) in [6.45, 7) is 0.796. The van der Waals surface area contributed by atoms with E-state index in [-0.39, 0.29) is 24.9 Å². The van der Waals surface area contributed by atoms with E-state index in [9.17, 15) is 9.59 Å². The lowest BCUT2D eigenvalue weighted by Gasteiger charge is -2.20. The van der Waals surface area contributed by atoms with Crippen LogP contribution in [-0.2, 0) is 22.7 Å². The van der Waals surface area contributed by atoms with Gasteiger partial charge in [0, 0.05) is 22.2 Å². The maximum atomic E-state index is 12.9. The van der Waals surface area contributed by atoms with E-state index in [1.54, 1.807) is 60.7 Å². The van der Waals surface area contributed by atoms with Crippen LogP contribution in [0.4, 0.5) is 0 Å². The molecule has 0 bridgehead atoms. The Labute approximate surface area is 200 Å². The predicted molar refractivity (Wildman–Crippen MR) is 123 cm³/mol. The van der Waals surface area contributed by atoms with Crippen molar-refractivity contribution >= 4 is 29.4 Å². The first-order chi connectivity index (χ1) is 16.5. The van der Waals surface area contributed by atoms with E-state index < -0.39 is 5.97 Å². The van der Waals surface area contributed by atoms with Gasteiger partial charge >= 0.3 is 5.97 Å². The van der Waals surface area contributed by atoms with Gasteiger partial charge in [0.1, 0.15) is 23.9 Å². The molecule has 0 aliphatic carbocycles. The normalized spacial score (nSPS) is 15.2. The topological polar surface area (TPSA) is 80.3 Å². The van der Waals surface area contributed by atoms with Crippen molar-refractivity contribution in [2.75, 3.05) is 13.9 Å². The van der Waals surface area contributed by atoms with Gasteiger partial charge in [-0.1, -0.05) is 23.7 Å². The maximum Gasteiger partial charge on any atom is 0.337 e. The van der Waals surface area contributed by atoms with Gasteiger partial charge in [0.15, 0.2) is 12.6 Å². The molecule has 3 aromatic carbocycles. The van der Waals surface area contributed by atoms with E-state index in [0.717, 1.165) is 11.1 Å². The third-order valence-electron chi connectivity index (χ3n) is 5.41. The zero-order valence-electron chi connectivity index (χ0n) is 18.1.